The molecule has 1 fully saturated rings. The van der Waals surface area contributed by atoms with E-state index in [1.54, 1.807) is 10.4 Å². The van der Waals surface area contributed by atoms with Gasteiger partial charge in [-0.05, 0) is 38.4 Å². The normalized spacial score (nSPS) is 17.6. The van der Waals surface area contributed by atoms with Crippen LogP contribution < -0.4 is 10.6 Å². The number of nitrogens with zero attached hydrogens (tertiary/aromatic N) is 1. The Morgan fingerprint density at radius 2 is 1.92 bits per heavy atom. The number of nitrogens with one attached hydrogen (secondary N) is 2. The first-order valence-electron chi connectivity index (χ1n) is 8.69. The summed E-state index contributed by atoms with van der Waals surface area (Å²) >= 11 is 1.30. The van der Waals surface area contributed by atoms with Crippen molar-refractivity contribution in [3.63, 3.8) is 0 Å². The molecule has 2 rings (SSSR count). The third-order valence-corrected chi connectivity index (χ3v) is 7.94. The van der Waals surface area contributed by atoms with Crippen molar-refractivity contribution in [2.24, 2.45) is 5.41 Å². The molecule has 1 aliphatic rings. The van der Waals surface area contributed by atoms with Crippen LogP contribution in [0.2, 0.25) is 0 Å². The highest BCUT2D eigenvalue weighted by Gasteiger charge is 2.30. The van der Waals surface area contributed by atoms with Crippen molar-refractivity contribution in [1.29, 1.82) is 0 Å². The van der Waals surface area contributed by atoms with Crippen LogP contribution in [0.4, 0.5) is 0 Å². The first kappa shape index (κ1) is 20.4. The van der Waals surface area contributed by atoms with Crippen molar-refractivity contribution in [3.05, 3.63) is 17.0 Å². The minimum Gasteiger partial charge on any atom is -0.355 e. The summed E-state index contributed by atoms with van der Waals surface area (Å²) in [5, 5.41) is 6.10. The average molecular weight is 388 g/mol. The largest absolute Gasteiger partial charge is 0.355 e. The van der Waals surface area contributed by atoms with Crippen LogP contribution in [0.3, 0.4) is 0 Å². The first-order valence-corrected chi connectivity index (χ1v) is 10.9. The molecule has 6 nitrogen and oxygen atoms in total. The molecule has 0 saturated carbocycles. The Kier molecular flexibility index (Phi) is 6.64. The molecular formula is C17H29N3O3S2. The summed E-state index contributed by atoms with van der Waals surface area (Å²) in [6.07, 6.45) is 2.32. The highest BCUT2D eigenvalue weighted by atomic mass is 32.2. The molecule has 25 heavy (non-hydrogen) atoms. The number of carbonyl (C=O) groups excluding carboxylic acids is 1. The van der Waals surface area contributed by atoms with Crippen LogP contribution in [0.1, 0.15) is 38.5 Å². The Balaban J connectivity index is 1.93. The number of thiophene rings is 1. The molecule has 0 spiro atoms. The maximum Gasteiger partial charge on any atom is 0.252 e. The maximum atomic E-state index is 12.8. The Labute approximate surface area is 155 Å². The van der Waals surface area contributed by atoms with Crippen LogP contribution in [-0.4, -0.2) is 51.4 Å². The molecule has 1 aliphatic heterocycles. The summed E-state index contributed by atoms with van der Waals surface area (Å²) in [5.74, 6) is 0.00399. The summed E-state index contributed by atoms with van der Waals surface area (Å²) in [5.41, 5.74) is -0.413. The average Bonchev–Trinajstić information content (AvgIpc) is 3.03. The molecule has 1 aromatic heterocycles. The van der Waals surface area contributed by atoms with Gasteiger partial charge in [-0.3, -0.25) is 4.79 Å². The topological polar surface area (TPSA) is 78.5 Å². The fourth-order valence-corrected chi connectivity index (χ4v) is 5.69. The fraction of sp³-hybridized carbons (Fsp3) is 0.706. The second kappa shape index (κ2) is 8.16. The smallest absolute Gasteiger partial charge is 0.252 e. The summed E-state index contributed by atoms with van der Waals surface area (Å²) in [7, 11) is -1.49. The highest BCUT2D eigenvalue weighted by Crippen LogP contribution is 2.27. The van der Waals surface area contributed by atoms with Crippen molar-refractivity contribution in [2.45, 2.75) is 50.3 Å². The van der Waals surface area contributed by atoms with Gasteiger partial charge in [0, 0.05) is 36.0 Å². The standard InChI is InChI=1S/C17H29N3O3S2/c1-17(2,3)16(21)19-10-7-14-5-6-15(24-14)25(22,23)20-11-8-13(18-4)9-12-20/h5-6,13,18H,7-12H2,1-4H3,(H,19,21). The summed E-state index contributed by atoms with van der Waals surface area (Å²) in [6.45, 7) is 7.25. The second-order valence-corrected chi connectivity index (χ2v) is 10.8. The Bertz CT molecular complexity index is 684. The van der Waals surface area contributed by atoms with Gasteiger partial charge >= 0.3 is 0 Å². The third kappa shape index (κ3) is 5.26. The van der Waals surface area contributed by atoms with E-state index >= 15 is 0 Å². The molecule has 1 saturated heterocycles. The van der Waals surface area contributed by atoms with E-state index in [-0.39, 0.29) is 5.91 Å². The van der Waals surface area contributed by atoms with Gasteiger partial charge in [0.2, 0.25) is 5.91 Å². The Morgan fingerprint density at radius 1 is 1.28 bits per heavy atom. The molecule has 2 N–H and O–H groups in total. The van der Waals surface area contributed by atoms with Gasteiger partial charge < -0.3 is 10.6 Å². The quantitative estimate of drug-likeness (QED) is 0.780. The van der Waals surface area contributed by atoms with Gasteiger partial charge in [0.05, 0.1) is 0 Å². The molecule has 2 heterocycles. The van der Waals surface area contributed by atoms with Gasteiger partial charge in [-0.25, -0.2) is 8.42 Å². The summed E-state index contributed by atoms with van der Waals surface area (Å²) in [4.78, 5) is 12.8. The van der Waals surface area contributed by atoms with Crippen LogP contribution in [-0.2, 0) is 21.2 Å². The second-order valence-electron chi connectivity index (χ2n) is 7.44. The predicted octanol–water partition coefficient (Wildman–Crippen LogP) is 1.83. The zero-order valence-corrected chi connectivity index (χ0v) is 17.1. The zero-order valence-electron chi connectivity index (χ0n) is 15.5. The zero-order chi connectivity index (χ0) is 18.7. The van der Waals surface area contributed by atoms with E-state index in [9.17, 15) is 13.2 Å². The summed E-state index contributed by atoms with van der Waals surface area (Å²) in [6, 6.07) is 3.93. The van der Waals surface area contributed by atoms with Crippen LogP contribution >= 0.6 is 11.3 Å². The SMILES string of the molecule is CNC1CCN(S(=O)(=O)c2ccc(CCNC(=O)C(C)(C)C)s2)CC1. The number of carbonyl (C=O) groups is 1. The van der Waals surface area contributed by atoms with E-state index in [2.05, 4.69) is 10.6 Å². The first-order chi connectivity index (χ1) is 11.6. The molecule has 1 aromatic rings. The number of piperidine rings is 1. The lowest BCUT2D eigenvalue weighted by molar-refractivity contribution is -0.128. The molecule has 0 aromatic carbocycles. The van der Waals surface area contributed by atoms with E-state index in [0.717, 1.165) is 17.7 Å². The van der Waals surface area contributed by atoms with Gasteiger partial charge in [0.1, 0.15) is 4.21 Å². The lowest BCUT2D eigenvalue weighted by Gasteiger charge is -2.30. The molecule has 0 aliphatic carbocycles. The number of hydrogen-bond donors (Lipinski definition) is 2. The number of rotatable bonds is 6. The van der Waals surface area contributed by atoms with E-state index in [1.165, 1.54) is 11.3 Å². The van der Waals surface area contributed by atoms with E-state index in [0.29, 0.717) is 36.3 Å². The molecule has 1 amide bonds. The van der Waals surface area contributed by atoms with Gasteiger partial charge in [-0.15, -0.1) is 11.3 Å². The van der Waals surface area contributed by atoms with Crippen molar-refractivity contribution >= 4 is 27.3 Å². The monoisotopic (exact) mass is 387 g/mol. The highest BCUT2D eigenvalue weighted by molar-refractivity contribution is 7.91. The predicted molar refractivity (Wildman–Crippen MR) is 101 cm³/mol. The van der Waals surface area contributed by atoms with Crippen LogP contribution in [0.5, 0.6) is 0 Å². The van der Waals surface area contributed by atoms with E-state index in [4.69, 9.17) is 0 Å². The van der Waals surface area contributed by atoms with Gasteiger partial charge in [-0.2, -0.15) is 4.31 Å². The van der Waals surface area contributed by atoms with Crippen molar-refractivity contribution in [1.82, 2.24) is 14.9 Å². The molecule has 0 unspecified atom stereocenters. The fourth-order valence-electron chi connectivity index (χ4n) is 2.71. The minimum atomic E-state index is -3.40. The number of amides is 1. The molecule has 142 valence electrons. The van der Waals surface area contributed by atoms with Crippen molar-refractivity contribution in [3.8, 4) is 0 Å². The maximum absolute atomic E-state index is 12.8. The van der Waals surface area contributed by atoms with Crippen LogP contribution in [0.15, 0.2) is 16.3 Å². The molecular weight excluding hydrogens is 358 g/mol. The Morgan fingerprint density at radius 3 is 2.48 bits per heavy atom. The summed E-state index contributed by atoms with van der Waals surface area (Å²) < 4.78 is 27.5. The lowest BCUT2D eigenvalue weighted by Crippen LogP contribution is -2.43. The van der Waals surface area contributed by atoms with Gasteiger partial charge in [-0.1, -0.05) is 20.8 Å². The van der Waals surface area contributed by atoms with E-state index in [1.807, 2.05) is 33.9 Å². The number of hydrogen-bond acceptors (Lipinski definition) is 5. The molecule has 8 heteroatoms. The molecule has 0 bridgehead atoms. The van der Waals surface area contributed by atoms with Crippen LogP contribution in [0.25, 0.3) is 0 Å². The van der Waals surface area contributed by atoms with Crippen LogP contribution in [0, 0.1) is 5.41 Å². The third-order valence-electron chi connectivity index (χ3n) is 4.43. The van der Waals surface area contributed by atoms with Gasteiger partial charge in [0.25, 0.3) is 10.0 Å². The number of sulfonamides is 1. The van der Waals surface area contributed by atoms with E-state index < -0.39 is 15.4 Å². The van der Waals surface area contributed by atoms with Gasteiger partial charge in [0.15, 0.2) is 0 Å². The molecule has 0 radical (unpaired) electrons. The van der Waals surface area contributed by atoms with Crippen molar-refractivity contribution in [2.75, 3.05) is 26.7 Å². The Hall–Kier alpha value is -0.960. The lowest BCUT2D eigenvalue weighted by atomic mass is 9.96. The van der Waals surface area contributed by atoms with Crippen molar-refractivity contribution < 1.29 is 13.2 Å². The molecule has 0 atom stereocenters. The minimum absolute atomic E-state index is 0.00399.